The van der Waals surface area contributed by atoms with Gasteiger partial charge in [-0.25, -0.2) is 4.39 Å². The Hall–Kier alpha value is -3.35. The Morgan fingerprint density at radius 1 is 1.16 bits per heavy atom. The molecule has 0 aliphatic heterocycles. The molecule has 2 aromatic rings. The normalized spacial score (nSPS) is 11.8. The minimum atomic E-state index is -0.595. The van der Waals surface area contributed by atoms with E-state index < -0.39 is 11.8 Å². The predicted octanol–water partition coefficient (Wildman–Crippen LogP) is 3.49. The molecular formula is C24H29FN2O4. The van der Waals surface area contributed by atoms with Crippen molar-refractivity contribution in [3.63, 3.8) is 0 Å². The molecule has 7 heteroatoms. The molecule has 0 spiro atoms. The molecule has 31 heavy (non-hydrogen) atoms. The first-order valence-corrected chi connectivity index (χ1v) is 10.2. The van der Waals surface area contributed by atoms with Gasteiger partial charge in [-0.2, -0.15) is 0 Å². The van der Waals surface area contributed by atoms with Crippen molar-refractivity contribution in [1.82, 2.24) is 5.32 Å². The van der Waals surface area contributed by atoms with Gasteiger partial charge in [0.25, 0.3) is 0 Å². The summed E-state index contributed by atoms with van der Waals surface area (Å²) in [6, 6.07) is 11.2. The number of ether oxygens (including phenoxy) is 2. The molecule has 2 amide bonds. The standard InChI is InChI=1S/C24H29FN2O4/c1-3-4-13-31-21-11-7-18(15-22(21)30-2)8-12-23(28)27-16-19(24(26)29)14-17-5-9-20(25)10-6-17/h5-12,15,19H,3-4,13-14,16H2,1-2H3,(H2,26,29)(H,27,28)/b12-8+. The largest absolute Gasteiger partial charge is 0.493 e. The van der Waals surface area contributed by atoms with Gasteiger partial charge >= 0.3 is 0 Å². The summed E-state index contributed by atoms with van der Waals surface area (Å²) in [6.45, 7) is 2.79. The number of hydrogen-bond donors (Lipinski definition) is 2. The number of hydrogen-bond acceptors (Lipinski definition) is 4. The maximum Gasteiger partial charge on any atom is 0.244 e. The zero-order chi connectivity index (χ0) is 22.6. The van der Waals surface area contributed by atoms with Gasteiger partial charge < -0.3 is 20.5 Å². The highest BCUT2D eigenvalue weighted by molar-refractivity contribution is 5.92. The summed E-state index contributed by atoms with van der Waals surface area (Å²) < 4.78 is 24.1. The third-order valence-corrected chi connectivity index (χ3v) is 4.69. The van der Waals surface area contributed by atoms with E-state index in [2.05, 4.69) is 12.2 Å². The Kier molecular flexibility index (Phi) is 9.55. The third-order valence-electron chi connectivity index (χ3n) is 4.69. The Morgan fingerprint density at radius 3 is 2.55 bits per heavy atom. The van der Waals surface area contributed by atoms with Crippen molar-refractivity contribution in [3.8, 4) is 11.5 Å². The summed E-state index contributed by atoms with van der Waals surface area (Å²) in [5.74, 6) is -0.587. The fraction of sp³-hybridized carbons (Fsp3) is 0.333. The smallest absolute Gasteiger partial charge is 0.244 e. The molecule has 166 valence electrons. The second kappa shape index (κ2) is 12.4. The van der Waals surface area contributed by atoms with Gasteiger partial charge in [0.05, 0.1) is 19.6 Å². The van der Waals surface area contributed by atoms with Crippen LogP contribution >= 0.6 is 0 Å². The molecule has 0 bridgehead atoms. The molecule has 3 N–H and O–H groups in total. The zero-order valence-corrected chi connectivity index (χ0v) is 17.9. The van der Waals surface area contributed by atoms with Crippen molar-refractivity contribution in [3.05, 3.63) is 65.5 Å². The van der Waals surface area contributed by atoms with Crippen LogP contribution in [0.4, 0.5) is 4.39 Å². The number of unbranched alkanes of at least 4 members (excludes halogenated alkanes) is 1. The predicted molar refractivity (Wildman–Crippen MR) is 118 cm³/mol. The molecule has 1 atom stereocenters. The zero-order valence-electron chi connectivity index (χ0n) is 17.9. The lowest BCUT2D eigenvalue weighted by molar-refractivity contribution is -0.122. The molecule has 0 heterocycles. The van der Waals surface area contributed by atoms with Crippen molar-refractivity contribution in [1.29, 1.82) is 0 Å². The second-order valence-corrected chi connectivity index (χ2v) is 7.12. The lowest BCUT2D eigenvalue weighted by atomic mass is 9.98. The number of rotatable bonds is 12. The van der Waals surface area contributed by atoms with Gasteiger partial charge in [-0.15, -0.1) is 0 Å². The monoisotopic (exact) mass is 428 g/mol. The molecule has 0 radical (unpaired) electrons. The van der Waals surface area contributed by atoms with Crippen molar-refractivity contribution < 1.29 is 23.5 Å². The van der Waals surface area contributed by atoms with Gasteiger partial charge in [0, 0.05) is 12.6 Å². The van der Waals surface area contributed by atoms with Crippen LogP contribution in [0.3, 0.4) is 0 Å². The van der Waals surface area contributed by atoms with Crippen LogP contribution in [0, 0.1) is 11.7 Å². The Morgan fingerprint density at radius 2 is 1.90 bits per heavy atom. The van der Waals surface area contributed by atoms with Crippen molar-refractivity contribution in [2.24, 2.45) is 11.7 Å². The lowest BCUT2D eigenvalue weighted by Gasteiger charge is -2.14. The van der Waals surface area contributed by atoms with Crippen LogP contribution in [0.1, 0.15) is 30.9 Å². The number of carbonyl (C=O) groups is 2. The maximum atomic E-state index is 13.0. The second-order valence-electron chi connectivity index (χ2n) is 7.12. The van der Waals surface area contributed by atoms with E-state index in [1.54, 1.807) is 37.5 Å². The van der Waals surface area contributed by atoms with Crippen LogP contribution in [0.5, 0.6) is 11.5 Å². The van der Waals surface area contributed by atoms with Crippen LogP contribution in [0.25, 0.3) is 6.08 Å². The highest BCUT2D eigenvalue weighted by atomic mass is 19.1. The van der Waals surface area contributed by atoms with E-state index in [0.717, 1.165) is 24.0 Å². The number of nitrogens with two attached hydrogens (primary N) is 1. The molecule has 0 aliphatic rings. The van der Waals surface area contributed by atoms with Gasteiger partial charge in [0.15, 0.2) is 11.5 Å². The molecule has 0 aromatic heterocycles. The maximum absolute atomic E-state index is 13.0. The molecule has 2 aromatic carbocycles. The highest BCUT2D eigenvalue weighted by Gasteiger charge is 2.16. The first kappa shape index (κ1) is 23.9. The Bertz CT molecular complexity index is 897. The lowest BCUT2D eigenvalue weighted by Crippen LogP contribution is -2.36. The fourth-order valence-electron chi connectivity index (χ4n) is 2.87. The molecule has 0 aliphatic carbocycles. The van der Waals surface area contributed by atoms with E-state index in [0.29, 0.717) is 24.5 Å². The molecule has 2 rings (SSSR count). The van der Waals surface area contributed by atoms with E-state index in [-0.39, 0.29) is 18.3 Å². The van der Waals surface area contributed by atoms with Crippen LogP contribution < -0.4 is 20.5 Å². The van der Waals surface area contributed by atoms with Crippen LogP contribution in [-0.4, -0.2) is 32.1 Å². The van der Waals surface area contributed by atoms with Gasteiger partial charge in [-0.3, -0.25) is 9.59 Å². The van der Waals surface area contributed by atoms with Gasteiger partial charge in [0.2, 0.25) is 11.8 Å². The number of halogens is 1. The average Bonchev–Trinajstić information content (AvgIpc) is 2.76. The van der Waals surface area contributed by atoms with Crippen LogP contribution in [0.15, 0.2) is 48.5 Å². The topological polar surface area (TPSA) is 90.6 Å². The summed E-state index contributed by atoms with van der Waals surface area (Å²) in [5.41, 5.74) is 6.99. The van der Waals surface area contributed by atoms with E-state index in [9.17, 15) is 14.0 Å². The number of nitrogens with one attached hydrogen (secondary N) is 1. The van der Waals surface area contributed by atoms with Gasteiger partial charge in [0.1, 0.15) is 5.82 Å². The molecule has 1 unspecified atom stereocenters. The fourth-order valence-corrected chi connectivity index (χ4v) is 2.87. The van der Waals surface area contributed by atoms with Crippen molar-refractivity contribution >= 4 is 17.9 Å². The van der Waals surface area contributed by atoms with Crippen LogP contribution in [0.2, 0.25) is 0 Å². The van der Waals surface area contributed by atoms with Crippen molar-refractivity contribution in [2.75, 3.05) is 20.3 Å². The van der Waals surface area contributed by atoms with Crippen molar-refractivity contribution in [2.45, 2.75) is 26.2 Å². The number of benzene rings is 2. The first-order chi connectivity index (χ1) is 14.9. The minimum Gasteiger partial charge on any atom is -0.493 e. The van der Waals surface area contributed by atoms with Gasteiger partial charge in [-0.05, 0) is 54.3 Å². The summed E-state index contributed by atoms with van der Waals surface area (Å²) >= 11 is 0. The Balaban J connectivity index is 1.92. The number of primary amides is 1. The number of methoxy groups -OCH3 is 1. The molecule has 0 saturated heterocycles. The quantitative estimate of drug-likeness (QED) is 0.400. The van der Waals surface area contributed by atoms with E-state index in [1.165, 1.54) is 18.2 Å². The minimum absolute atomic E-state index is 0.0867. The number of amides is 2. The average molecular weight is 429 g/mol. The van der Waals surface area contributed by atoms with E-state index in [1.807, 2.05) is 6.07 Å². The third kappa shape index (κ3) is 8.12. The summed E-state index contributed by atoms with van der Waals surface area (Å²) in [6.07, 6.45) is 5.34. The highest BCUT2D eigenvalue weighted by Crippen LogP contribution is 2.28. The Labute approximate surface area is 182 Å². The van der Waals surface area contributed by atoms with Crippen LogP contribution in [-0.2, 0) is 16.0 Å². The summed E-state index contributed by atoms with van der Waals surface area (Å²) in [5, 5.41) is 2.68. The molecule has 0 saturated carbocycles. The van der Waals surface area contributed by atoms with E-state index in [4.69, 9.17) is 15.2 Å². The molecular weight excluding hydrogens is 399 g/mol. The first-order valence-electron chi connectivity index (χ1n) is 10.2. The summed E-state index contributed by atoms with van der Waals surface area (Å²) in [4.78, 5) is 23.9. The molecule has 6 nitrogen and oxygen atoms in total. The van der Waals surface area contributed by atoms with Gasteiger partial charge in [-0.1, -0.05) is 31.5 Å². The number of carbonyl (C=O) groups excluding carboxylic acids is 2. The SMILES string of the molecule is CCCCOc1ccc(/C=C/C(=O)NCC(Cc2ccc(F)cc2)C(N)=O)cc1OC. The van der Waals surface area contributed by atoms with E-state index >= 15 is 0 Å². The summed E-state index contributed by atoms with van der Waals surface area (Å²) in [7, 11) is 1.56. The molecule has 0 fully saturated rings.